The fraction of sp³-hybridized carbons (Fsp3) is 0.0588. The van der Waals surface area contributed by atoms with Crippen molar-refractivity contribution in [2.24, 2.45) is 0 Å². The Morgan fingerprint density at radius 3 is 2.57 bits per heavy atom. The number of nitrogens with zero attached hydrogens (tertiary/aromatic N) is 1. The van der Waals surface area contributed by atoms with Gasteiger partial charge in [0.15, 0.2) is 5.95 Å². The topological polar surface area (TPSA) is 83.8 Å². The Morgan fingerprint density at radius 2 is 1.96 bits per heavy atom. The first-order valence-corrected chi connectivity index (χ1v) is 7.39. The minimum atomic E-state index is -0.203. The maximum absolute atomic E-state index is 12.2. The molecule has 1 heterocycles. The normalized spacial score (nSPS) is 10.5. The number of hydrogen-bond donors (Lipinski definition) is 3. The molecule has 4 N–H and O–H groups in total. The number of benzene rings is 2. The van der Waals surface area contributed by atoms with Gasteiger partial charge >= 0.3 is 0 Å². The van der Waals surface area contributed by atoms with Crippen LogP contribution in [-0.4, -0.2) is 15.9 Å². The Kier molecular flexibility index (Phi) is 4.04. The highest BCUT2D eigenvalue weighted by Crippen LogP contribution is 2.21. The standard InChI is InChI=1S/C17H15ClN4O/c1-10-2-3-12(8-14(10)18)16(23)21-13-6-4-11(5-7-13)15-9-20-17(19)22-15/h2-9H,1H3,(H,21,23)(H3,19,20,22). The number of nitrogens with two attached hydrogens (primary N) is 1. The van der Waals surface area contributed by atoms with Crippen molar-refractivity contribution < 1.29 is 4.79 Å². The Balaban J connectivity index is 1.75. The van der Waals surface area contributed by atoms with Gasteiger partial charge in [0.1, 0.15) is 0 Å². The van der Waals surface area contributed by atoms with Crippen LogP contribution in [0, 0.1) is 6.92 Å². The third kappa shape index (κ3) is 3.35. The number of anilines is 2. The number of aromatic amines is 1. The van der Waals surface area contributed by atoms with Gasteiger partial charge in [-0.05, 0) is 42.3 Å². The van der Waals surface area contributed by atoms with E-state index in [0.29, 0.717) is 22.2 Å². The molecule has 5 nitrogen and oxygen atoms in total. The summed E-state index contributed by atoms with van der Waals surface area (Å²) in [7, 11) is 0. The number of nitrogen functional groups attached to an aromatic ring is 1. The summed E-state index contributed by atoms with van der Waals surface area (Å²) >= 11 is 6.05. The summed E-state index contributed by atoms with van der Waals surface area (Å²) in [6, 6.07) is 12.6. The highest BCUT2D eigenvalue weighted by atomic mass is 35.5. The molecule has 1 amide bonds. The van der Waals surface area contributed by atoms with Crippen LogP contribution in [0.2, 0.25) is 5.02 Å². The van der Waals surface area contributed by atoms with Crippen LogP contribution in [0.25, 0.3) is 11.3 Å². The fourth-order valence-electron chi connectivity index (χ4n) is 2.15. The van der Waals surface area contributed by atoms with E-state index < -0.39 is 0 Å². The molecule has 23 heavy (non-hydrogen) atoms. The monoisotopic (exact) mass is 326 g/mol. The first-order chi connectivity index (χ1) is 11.0. The quantitative estimate of drug-likeness (QED) is 0.683. The zero-order valence-corrected chi connectivity index (χ0v) is 13.2. The first kappa shape index (κ1) is 15.1. The number of amides is 1. The summed E-state index contributed by atoms with van der Waals surface area (Å²) in [5.74, 6) is 0.166. The summed E-state index contributed by atoms with van der Waals surface area (Å²) < 4.78 is 0. The van der Waals surface area contributed by atoms with Gasteiger partial charge in [0, 0.05) is 16.3 Å². The molecule has 2 aromatic carbocycles. The zero-order valence-electron chi connectivity index (χ0n) is 12.4. The predicted molar refractivity (Wildman–Crippen MR) is 92.6 cm³/mol. The summed E-state index contributed by atoms with van der Waals surface area (Å²) in [6.45, 7) is 1.89. The molecule has 0 aliphatic rings. The second-order valence-corrected chi connectivity index (χ2v) is 5.58. The number of hydrogen-bond acceptors (Lipinski definition) is 3. The third-order valence-electron chi connectivity index (χ3n) is 3.48. The molecule has 0 aliphatic heterocycles. The average molecular weight is 327 g/mol. The Labute approximate surface area is 138 Å². The summed E-state index contributed by atoms with van der Waals surface area (Å²) in [5, 5.41) is 3.41. The number of halogens is 1. The number of rotatable bonds is 3. The van der Waals surface area contributed by atoms with Crippen LogP contribution in [0.15, 0.2) is 48.7 Å². The van der Waals surface area contributed by atoms with Crippen molar-refractivity contribution in [1.29, 1.82) is 0 Å². The van der Waals surface area contributed by atoms with Crippen LogP contribution in [0.1, 0.15) is 15.9 Å². The predicted octanol–water partition coefficient (Wildman–Crippen LogP) is 3.87. The van der Waals surface area contributed by atoms with Crippen LogP contribution in [0.3, 0.4) is 0 Å². The molecule has 0 aliphatic carbocycles. The highest BCUT2D eigenvalue weighted by molar-refractivity contribution is 6.31. The Hall–Kier alpha value is -2.79. The molecule has 0 spiro atoms. The summed E-state index contributed by atoms with van der Waals surface area (Å²) in [6.07, 6.45) is 1.66. The highest BCUT2D eigenvalue weighted by Gasteiger charge is 2.08. The molecular formula is C17H15ClN4O. The van der Waals surface area contributed by atoms with Crippen LogP contribution in [0.5, 0.6) is 0 Å². The van der Waals surface area contributed by atoms with Crippen LogP contribution < -0.4 is 11.1 Å². The van der Waals surface area contributed by atoms with Gasteiger partial charge in [-0.2, -0.15) is 0 Å². The number of carbonyl (C=O) groups excluding carboxylic acids is 1. The van der Waals surface area contributed by atoms with Gasteiger partial charge in [-0.25, -0.2) is 4.98 Å². The lowest BCUT2D eigenvalue weighted by Gasteiger charge is -2.07. The van der Waals surface area contributed by atoms with E-state index in [0.717, 1.165) is 16.8 Å². The molecule has 0 radical (unpaired) electrons. The van der Waals surface area contributed by atoms with E-state index in [1.54, 1.807) is 18.3 Å². The van der Waals surface area contributed by atoms with Crippen molar-refractivity contribution in [1.82, 2.24) is 9.97 Å². The second-order valence-electron chi connectivity index (χ2n) is 5.18. The van der Waals surface area contributed by atoms with Crippen molar-refractivity contribution in [2.45, 2.75) is 6.92 Å². The molecule has 6 heteroatoms. The molecule has 0 saturated heterocycles. The van der Waals surface area contributed by atoms with Gasteiger partial charge in [-0.3, -0.25) is 4.79 Å². The largest absolute Gasteiger partial charge is 0.369 e. The van der Waals surface area contributed by atoms with Crippen LogP contribution >= 0.6 is 11.6 Å². The molecule has 0 bridgehead atoms. The minimum Gasteiger partial charge on any atom is -0.369 e. The molecule has 116 valence electrons. The van der Waals surface area contributed by atoms with Crippen LogP contribution in [-0.2, 0) is 0 Å². The molecule has 3 rings (SSSR count). The van der Waals surface area contributed by atoms with Gasteiger partial charge in [0.2, 0.25) is 0 Å². The van der Waals surface area contributed by atoms with E-state index in [4.69, 9.17) is 17.3 Å². The smallest absolute Gasteiger partial charge is 0.255 e. The van der Waals surface area contributed by atoms with Gasteiger partial charge in [-0.1, -0.05) is 29.8 Å². The number of imidazole rings is 1. The van der Waals surface area contributed by atoms with Gasteiger partial charge in [0.05, 0.1) is 11.9 Å². The summed E-state index contributed by atoms with van der Waals surface area (Å²) in [4.78, 5) is 19.1. The molecule has 0 atom stereocenters. The third-order valence-corrected chi connectivity index (χ3v) is 3.89. The Morgan fingerprint density at radius 1 is 1.22 bits per heavy atom. The lowest BCUT2D eigenvalue weighted by molar-refractivity contribution is 0.102. The minimum absolute atomic E-state index is 0.203. The van der Waals surface area contributed by atoms with Crippen molar-refractivity contribution in [3.8, 4) is 11.3 Å². The maximum Gasteiger partial charge on any atom is 0.255 e. The molecule has 0 saturated carbocycles. The molecule has 0 fully saturated rings. The second kappa shape index (κ2) is 6.14. The van der Waals surface area contributed by atoms with E-state index in [1.165, 1.54) is 0 Å². The molecule has 1 aromatic heterocycles. The van der Waals surface area contributed by atoms with E-state index in [1.807, 2.05) is 37.3 Å². The molecule has 0 unspecified atom stereocenters. The van der Waals surface area contributed by atoms with Crippen molar-refractivity contribution >= 4 is 29.1 Å². The first-order valence-electron chi connectivity index (χ1n) is 7.01. The number of carbonyl (C=O) groups is 1. The number of aryl methyl sites for hydroxylation is 1. The van der Waals surface area contributed by atoms with E-state index in [-0.39, 0.29) is 5.91 Å². The Bertz CT molecular complexity index is 855. The molecule has 3 aromatic rings. The lowest BCUT2D eigenvalue weighted by atomic mass is 10.1. The zero-order chi connectivity index (χ0) is 16.4. The van der Waals surface area contributed by atoms with Crippen molar-refractivity contribution in [2.75, 3.05) is 11.1 Å². The lowest BCUT2D eigenvalue weighted by Crippen LogP contribution is -2.11. The maximum atomic E-state index is 12.2. The number of aromatic nitrogens is 2. The van der Waals surface area contributed by atoms with E-state index in [9.17, 15) is 4.79 Å². The summed E-state index contributed by atoms with van der Waals surface area (Å²) in [5.41, 5.74) is 9.48. The number of nitrogens with one attached hydrogen (secondary N) is 2. The average Bonchev–Trinajstić information content (AvgIpc) is 2.97. The molecular weight excluding hydrogens is 312 g/mol. The van der Waals surface area contributed by atoms with Gasteiger partial charge in [-0.15, -0.1) is 0 Å². The van der Waals surface area contributed by atoms with E-state index >= 15 is 0 Å². The van der Waals surface area contributed by atoms with E-state index in [2.05, 4.69) is 15.3 Å². The number of H-pyrrole nitrogens is 1. The van der Waals surface area contributed by atoms with Crippen molar-refractivity contribution in [3.63, 3.8) is 0 Å². The SMILES string of the molecule is Cc1ccc(C(=O)Nc2ccc(-c3cnc(N)[nH]3)cc2)cc1Cl. The fourth-order valence-corrected chi connectivity index (χ4v) is 2.33. The van der Waals surface area contributed by atoms with Crippen molar-refractivity contribution in [3.05, 3.63) is 64.8 Å². The van der Waals surface area contributed by atoms with Crippen LogP contribution in [0.4, 0.5) is 11.6 Å². The van der Waals surface area contributed by atoms with Gasteiger partial charge < -0.3 is 16.0 Å². The van der Waals surface area contributed by atoms with Gasteiger partial charge in [0.25, 0.3) is 5.91 Å².